The fourth-order valence-electron chi connectivity index (χ4n) is 1.83. The highest BCUT2D eigenvalue weighted by Gasteiger charge is 2.03. The molecule has 0 aliphatic rings. The van der Waals surface area contributed by atoms with Gasteiger partial charge in [-0.25, -0.2) is 0 Å². The lowest BCUT2D eigenvalue weighted by Crippen LogP contribution is -2.24. The Labute approximate surface area is 134 Å². The van der Waals surface area contributed by atoms with Crippen LogP contribution in [0.4, 0.5) is 5.69 Å². The van der Waals surface area contributed by atoms with Crippen molar-refractivity contribution in [1.82, 2.24) is 5.32 Å². The average molecular weight is 323 g/mol. The van der Waals surface area contributed by atoms with Crippen molar-refractivity contribution in [3.05, 3.63) is 64.1 Å². The summed E-state index contributed by atoms with van der Waals surface area (Å²) < 4.78 is 0. The number of hydrogen-bond donors (Lipinski definition) is 2. The minimum Gasteiger partial charge on any atom is -0.383 e. The van der Waals surface area contributed by atoms with Gasteiger partial charge in [-0.3, -0.25) is 4.79 Å². The van der Waals surface area contributed by atoms with Crippen molar-refractivity contribution in [2.24, 2.45) is 0 Å². The summed E-state index contributed by atoms with van der Waals surface area (Å²) in [6.45, 7) is 1.06. The minimum atomic E-state index is -0.00330. The van der Waals surface area contributed by atoms with Crippen molar-refractivity contribution in [2.45, 2.75) is 13.0 Å². The van der Waals surface area contributed by atoms with Crippen LogP contribution in [0.3, 0.4) is 0 Å². The van der Waals surface area contributed by atoms with E-state index >= 15 is 0 Å². The summed E-state index contributed by atoms with van der Waals surface area (Å²) in [6.07, 6.45) is 0.381. The summed E-state index contributed by atoms with van der Waals surface area (Å²) in [5.41, 5.74) is 1.86. The number of rotatable bonds is 6. The first-order valence-electron chi connectivity index (χ1n) is 6.65. The van der Waals surface area contributed by atoms with Crippen molar-refractivity contribution in [2.75, 3.05) is 11.9 Å². The Morgan fingerprint density at radius 2 is 1.81 bits per heavy atom. The molecular formula is C16H16Cl2N2O. The van der Waals surface area contributed by atoms with Gasteiger partial charge in [0.2, 0.25) is 5.91 Å². The summed E-state index contributed by atoms with van der Waals surface area (Å²) in [7, 11) is 0. The molecule has 0 saturated carbocycles. The maximum atomic E-state index is 11.7. The van der Waals surface area contributed by atoms with Crippen LogP contribution < -0.4 is 10.6 Å². The van der Waals surface area contributed by atoms with Crippen LogP contribution in [0.2, 0.25) is 10.0 Å². The highest BCUT2D eigenvalue weighted by Crippen LogP contribution is 2.25. The number of nitrogens with one attached hydrogen (secondary N) is 2. The van der Waals surface area contributed by atoms with Gasteiger partial charge in [0.05, 0.1) is 10.7 Å². The molecule has 1 amide bonds. The van der Waals surface area contributed by atoms with E-state index in [1.54, 1.807) is 18.2 Å². The van der Waals surface area contributed by atoms with Crippen molar-refractivity contribution in [3.63, 3.8) is 0 Å². The molecular weight excluding hydrogens is 307 g/mol. The van der Waals surface area contributed by atoms with Crippen LogP contribution in [0.5, 0.6) is 0 Å². The lowest BCUT2D eigenvalue weighted by Gasteiger charge is -2.09. The van der Waals surface area contributed by atoms with Crippen LogP contribution in [0.15, 0.2) is 48.5 Å². The van der Waals surface area contributed by atoms with Crippen molar-refractivity contribution >= 4 is 34.8 Å². The van der Waals surface area contributed by atoms with E-state index in [2.05, 4.69) is 10.6 Å². The van der Waals surface area contributed by atoms with E-state index < -0.39 is 0 Å². The van der Waals surface area contributed by atoms with E-state index in [1.165, 1.54) is 0 Å². The van der Waals surface area contributed by atoms with E-state index in [1.807, 2.05) is 30.3 Å². The number of carbonyl (C=O) groups is 1. The molecule has 0 atom stereocenters. The monoisotopic (exact) mass is 322 g/mol. The molecule has 0 aliphatic carbocycles. The Hall–Kier alpha value is -1.71. The van der Waals surface area contributed by atoms with Crippen LogP contribution in [-0.4, -0.2) is 12.5 Å². The van der Waals surface area contributed by atoms with Gasteiger partial charge in [0, 0.05) is 24.5 Å². The van der Waals surface area contributed by atoms with Gasteiger partial charge >= 0.3 is 0 Å². The van der Waals surface area contributed by atoms with Gasteiger partial charge in [0.25, 0.3) is 0 Å². The Kier molecular flexibility index (Phi) is 5.90. The zero-order valence-corrected chi connectivity index (χ0v) is 12.9. The number of carbonyl (C=O) groups excluding carboxylic acids is 1. The molecule has 0 spiro atoms. The summed E-state index contributed by atoms with van der Waals surface area (Å²) in [5.74, 6) is -0.00330. The van der Waals surface area contributed by atoms with E-state index in [9.17, 15) is 4.79 Å². The highest BCUT2D eigenvalue weighted by atomic mass is 35.5. The molecule has 0 aliphatic heterocycles. The molecule has 110 valence electrons. The smallest absolute Gasteiger partial charge is 0.222 e. The molecule has 2 N–H and O–H groups in total. The lowest BCUT2D eigenvalue weighted by molar-refractivity contribution is -0.121. The molecule has 5 heteroatoms. The molecule has 2 rings (SSSR count). The van der Waals surface area contributed by atoms with E-state index in [4.69, 9.17) is 23.2 Å². The van der Waals surface area contributed by atoms with Crippen molar-refractivity contribution < 1.29 is 4.79 Å². The van der Waals surface area contributed by atoms with Crippen LogP contribution in [-0.2, 0) is 11.3 Å². The van der Waals surface area contributed by atoms with Crippen LogP contribution in [0, 0.1) is 0 Å². The van der Waals surface area contributed by atoms with E-state index in [-0.39, 0.29) is 5.91 Å². The maximum absolute atomic E-state index is 11.7. The molecule has 2 aromatic rings. The molecule has 0 unspecified atom stereocenters. The zero-order chi connectivity index (χ0) is 15.1. The molecule has 2 aromatic carbocycles. The fraction of sp³-hybridized carbons (Fsp3) is 0.188. The first-order chi connectivity index (χ1) is 10.1. The zero-order valence-electron chi connectivity index (χ0n) is 11.4. The Balaban J connectivity index is 1.72. The molecule has 21 heavy (non-hydrogen) atoms. The van der Waals surface area contributed by atoms with Crippen molar-refractivity contribution in [1.29, 1.82) is 0 Å². The lowest BCUT2D eigenvalue weighted by atomic mass is 10.2. The third-order valence-electron chi connectivity index (χ3n) is 2.93. The van der Waals surface area contributed by atoms with Gasteiger partial charge in [0.1, 0.15) is 0 Å². The predicted molar refractivity (Wildman–Crippen MR) is 87.9 cm³/mol. The Morgan fingerprint density at radius 1 is 1.05 bits per heavy atom. The van der Waals surface area contributed by atoms with Crippen molar-refractivity contribution in [3.8, 4) is 0 Å². The third kappa shape index (κ3) is 5.29. The van der Waals surface area contributed by atoms with Crippen LogP contribution >= 0.6 is 23.2 Å². The summed E-state index contributed by atoms with van der Waals surface area (Å²) in [5, 5.41) is 7.13. The molecule has 0 fully saturated rings. The predicted octanol–water partition coefficient (Wildman–Crippen LogP) is 4.11. The third-order valence-corrected chi connectivity index (χ3v) is 3.48. The van der Waals surface area contributed by atoms with Crippen LogP contribution in [0.1, 0.15) is 12.0 Å². The topological polar surface area (TPSA) is 41.1 Å². The summed E-state index contributed by atoms with van der Waals surface area (Å²) in [4.78, 5) is 11.7. The summed E-state index contributed by atoms with van der Waals surface area (Å²) >= 11 is 11.9. The van der Waals surface area contributed by atoms with Gasteiger partial charge < -0.3 is 10.6 Å². The highest BCUT2D eigenvalue weighted by molar-refractivity contribution is 6.36. The van der Waals surface area contributed by atoms with Gasteiger partial charge in [-0.05, 0) is 23.8 Å². The first kappa shape index (κ1) is 15.7. The summed E-state index contributed by atoms with van der Waals surface area (Å²) in [6, 6.07) is 15.0. The molecule has 0 bridgehead atoms. The Morgan fingerprint density at radius 3 is 2.52 bits per heavy atom. The van der Waals surface area contributed by atoms with Gasteiger partial charge in [-0.15, -0.1) is 0 Å². The second-order valence-corrected chi connectivity index (χ2v) is 5.41. The quantitative estimate of drug-likeness (QED) is 0.840. The second-order valence-electron chi connectivity index (χ2n) is 4.56. The standard InChI is InChI=1S/C16H16Cl2N2O/c17-13-6-7-15(14(18)10-13)19-9-8-16(21)20-11-12-4-2-1-3-5-12/h1-7,10,19H,8-9,11H2,(H,20,21). The average Bonchev–Trinajstić information content (AvgIpc) is 2.48. The minimum absolute atomic E-state index is 0.00330. The second kappa shape index (κ2) is 7.91. The number of amides is 1. The molecule has 3 nitrogen and oxygen atoms in total. The number of benzene rings is 2. The number of halogens is 2. The van der Waals surface area contributed by atoms with E-state index in [0.29, 0.717) is 29.6 Å². The van der Waals surface area contributed by atoms with Gasteiger partial charge in [-0.2, -0.15) is 0 Å². The number of hydrogen-bond acceptors (Lipinski definition) is 2. The van der Waals surface area contributed by atoms with Gasteiger partial charge in [-0.1, -0.05) is 53.5 Å². The van der Waals surface area contributed by atoms with Gasteiger partial charge in [0.15, 0.2) is 0 Å². The molecule has 0 saturated heterocycles. The molecule has 0 aromatic heterocycles. The van der Waals surface area contributed by atoms with Crippen LogP contribution in [0.25, 0.3) is 0 Å². The Bertz CT molecular complexity index is 602. The molecule has 0 radical (unpaired) electrons. The first-order valence-corrected chi connectivity index (χ1v) is 7.40. The largest absolute Gasteiger partial charge is 0.383 e. The van der Waals surface area contributed by atoms with E-state index in [0.717, 1.165) is 11.3 Å². The maximum Gasteiger partial charge on any atom is 0.222 e. The fourth-order valence-corrected chi connectivity index (χ4v) is 2.30. The normalized spacial score (nSPS) is 10.2. The SMILES string of the molecule is O=C(CCNc1ccc(Cl)cc1Cl)NCc1ccccc1. The molecule has 0 heterocycles. The number of anilines is 1.